The fourth-order valence-electron chi connectivity index (χ4n) is 2.74. The van der Waals surface area contributed by atoms with Gasteiger partial charge in [0.2, 0.25) is 0 Å². The maximum atomic E-state index is 12.9. The summed E-state index contributed by atoms with van der Waals surface area (Å²) >= 11 is 1.59. The van der Waals surface area contributed by atoms with Crippen LogP contribution in [0.25, 0.3) is 0 Å². The van der Waals surface area contributed by atoms with Crippen LogP contribution in [0.1, 0.15) is 29.2 Å². The van der Waals surface area contributed by atoms with Crippen molar-refractivity contribution in [3.63, 3.8) is 0 Å². The number of sulfone groups is 1. The average Bonchev–Trinajstić information content (AvgIpc) is 3.34. The monoisotopic (exact) mass is 418 g/mol. The van der Waals surface area contributed by atoms with Crippen LogP contribution >= 0.6 is 11.3 Å². The Morgan fingerprint density at radius 3 is 2.46 bits per heavy atom. The maximum absolute atomic E-state index is 12.9. The number of urea groups is 1. The lowest BCUT2D eigenvalue weighted by molar-refractivity contribution is 0.184. The molecular formula is C20H22N2O4S2. The van der Waals surface area contributed by atoms with E-state index in [1.165, 1.54) is 6.26 Å². The summed E-state index contributed by atoms with van der Waals surface area (Å²) in [6, 6.07) is 13.6. The first kappa shape index (κ1) is 20.2. The van der Waals surface area contributed by atoms with Crippen molar-refractivity contribution in [2.45, 2.75) is 31.0 Å². The molecule has 0 radical (unpaired) electrons. The smallest absolute Gasteiger partial charge is 0.318 e. The number of nitrogens with zero attached hydrogens (tertiary/aromatic N) is 1. The second kappa shape index (κ2) is 8.62. The lowest BCUT2D eigenvalue weighted by Gasteiger charge is -2.24. The van der Waals surface area contributed by atoms with Gasteiger partial charge in [0.15, 0.2) is 9.84 Å². The second-order valence-electron chi connectivity index (χ2n) is 6.53. The van der Waals surface area contributed by atoms with Gasteiger partial charge in [0.1, 0.15) is 5.76 Å². The summed E-state index contributed by atoms with van der Waals surface area (Å²) < 4.78 is 28.6. The molecule has 0 spiro atoms. The van der Waals surface area contributed by atoms with Crippen LogP contribution in [0.15, 0.2) is 69.5 Å². The summed E-state index contributed by atoms with van der Waals surface area (Å²) in [5, 5.41) is 4.96. The van der Waals surface area contributed by atoms with E-state index in [0.717, 1.165) is 10.4 Å². The number of benzene rings is 1. The number of nitrogens with one attached hydrogen (secondary N) is 1. The van der Waals surface area contributed by atoms with Crippen LogP contribution < -0.4 is 5.32 Å². The zero-order valence-corrected chi connectivity index (χ0v) is 17.3. The first-order chi connectivity index (χ1) is 13.3. The minimum atomic E-state index is -3.24. The topological polar surface area (TPSA) is 79.6 Å². The molecule has 6 nitrogen and oxygen atoms in total. The molecule has 28 heavy (non-hydrogen) atoms. The van der Waals surface area contributed by atoms with Gasteiger partial charge in [-0.05, 0) is 48.2 Å². The highest BCUT2D eigenvalue weighted by Gasteiger charge is 2.19. The summed E-state index contributed by atoms with van der Waals surface area (Å²) in [6.07, 6.45) is 2.76. The quantitative estimate of drug-likeness (QED) is 0.623. The van der Waals surface area contributed by atoms with Crippen LogP contribution in [0.2, 0.25) is 0 Å². The van der Waals surface area contributed by atoms with E-state index in [-0.39, 0.29) is 17.0 Å². The molecule has 0 aliphatic carbocycles. The van der Waals surface area contributed by atoms with Crippen molar-refractivity contribution >= 4 is 27.2 Å². The molecule has 0 fully saturated rings. The minimum Gasteiger partial charge on any atom is -0.467 e. The molecular weight excluding hydrogens is 396 g/mol. The molecule has 0 aliphatic heterocycles. The summed E-state index contributed by atoms with van der Waals surface area (Å²) in [5.41, 5.74) is 0.829. The second-order valence-corrected chi connectivity index (χ2v) is 9.58. The number of amides is 2. The zero-order chi connectivity index (χ0) is 20.1. The zero-order valence-electron chi connectivity index (χ0n) is 15.7. The normalized spacial score (nSPS) is 12.5. The maximum Gasteiger partial charge on any atom is 0.318 e. The van der Waals surface area contributed by atoms with Crippen molar-refractivity contribution in [1.82, 2.24) is 10.2 Å². The van der Waals surface area contributed by atoms with E-state index < -0.39 is 9.84 Å². The number of rotatable bonds is 7. The molecule has 2 amide bonds. The van der Waals surface area contributed by atoms with Gasteiger partial charge < -0.3 is 14.6 Å². The molecule has 0 aliphatic rings. The standard InChI is InChI=1S/C20H22N2O4S2/c1-15(16-7-9-19(10-8-16)28(2,24)25)21-20(23)22(13-17-5-3-11-26-17)14-18-6-4-12-27-18/h3-12,15H,13-14H2,1-2H3,(H,21,23). The number of carbonyl (C=O) groups is 1. The molecule has 3 rings (SSSR count). The number of thiophene rings is 1. The van der Waals surface area contributed by atoms with Gasteiger partial charge in [-0.25, -0.2) is 13.2 Å². The van der Waals surface area contributed by atoms with Gasteiger partial charge in [0.25, 0.3) is 0 Å². The van der Waals surface area contributed by atoms with E-state index in [2.05, 4.69) is 5.32 Å². The third kappa shape index (κ3) is 5.24. The Hall–Kier alpha value is -2.58. The molecule has 3 aromatic rings. The van der Waals surface area contributed by atoms with Crippen molar-refractivity contribution in [3.8, 4) is 0 Å². The summed E-state index contributed by atoms with van der Waals surface area (Å²) in [7, 11) is -3.24. The Balaban J connectivity index is 1.71. The van der Waals surface area contributed by atoms with Crippen molar-refractivity contribution < 1.29 is 17.6 Å². The number of hydrogen-bond donors (Lipinski definition) is 1. The molecule has 2 heterocycles. The first-order valence-electron chi connectivity index (χ1n) is 8.73. The predicted octanol–water partition coefficient (Wildman–Crippen LogP) is 4.22. The Kier molecular flexibility index (Phi) is 6.21. The Bertz CT molecular complexity index is 959. The van der Waals surface area contributed by atoms with Gasteiger partial charge in [-0.3, -0.25) is 0 Å². The average molecular weight is 419 g/mol. The van der Waals surface area contributed by atoms with Gasteiger partial charge in [0.05, 0.1) is 30.3 Å². The molecule has 0 saturated carbocycles. The lowest BCUT2D eigenvalue weighted by atomic mass is 10.1. The fraction of sp³-hybridized carbons (Fsp3) is 0.250. The first-order valence-corrected chi connectivity index (χ1v) is 11.5. The molecule has 0 bridgehead atoms. The molecule has 148 valence electrons. The Morgan fingerprint density at radius 1 is 1.14 bits per heavy atom. The van der Waals surface area contributed by atoms with Crippen molar-refractivity contribution in [2.75, 3.05) is 6.26 Å². The van der Waals surface area contributed by atoms with Gasteiger partial charge >= 0.3 is 6.03 Å². The number of hydrogen-bond acceptors (Lipinski definition) is 5. The van der Waals surface area contributed by atoms with Crippen molar-refractivity contribution in [1.29, 1.82) is 0 Å². The number of furan rings is 1. The predicted molar refractivity (Wildman–Crippen MR) is 109 cm³/mol. The van der Waals surface area contributed by atoms with Gasteiger partial charge in [-0.1, -0.05) is 18.2 Å². The van der Waals surface area contributed by atoms with Gasteiger partial charge in [-0.15, -0.1) is 11.3 Å². The molecule has 0 saturated heterocycles. The van der Waals surface area contributed by atoms with Crippen LogP contribution in [0.3, 0.4) is 0 Å². The van der Waals surface area contributed by atoms with E-state index in [1.807, 2.05) is 30.5 Å². The van der Waals surface area contributed by atoms with Crippen LogP contribution in [0.5, 0.6) is 0 Å². The van der Waals surface area contributed by atoms with Crippen molar-refractivity contribution in [3.05, 3.63) is 76.4 Å². The van der Waals surface area contributed by atoms with Crippen LogP contribution in [0, 0.1) is 0 Å². The van der Waals surface area contributed by atoms with Gasteiger partial charge in [-0.2, -0.15) is 0 Å². The highest BCUT2D eigenvalue weighted by Crippen LogP contribution is 2.19. The van der Waals surface area contributed by atoms with E-state index in [1.54, 1.807) is 52.8 Å². The summed E-state index contributed by atoms with van der Waals surface area (Å²) in [4.78, 5) is 15.9. The highest BCUT2D eigenvalue weighted by atomic mass is 32.2. The summed E-state index contributed by atoms with van der Waals surface area (Å²) in [6.45, 7) is 2.70. The Labute approximate surface area is 168 Å². The van der Waals surface area contributed by atoms with E-state index in [4.69, 9.17) is 4.42 Å². The van der Waals surface area contributed by atoms with Crippen LogP contribution in [0.4, 0.5) is 4.79 Å². The van der Waals surface area contributed by atoms with E-state index in [9.17, 15) is 13.2 Å². The molecule has 1 N–H and O–H groups in total. The van der Waals surface area contributed by atoms with Crippen molar-refractivity contribution in [2.24, 2.45) is 0 Å². The molecule has 1 unspecified atom stereocenters. The largest absolute Gasteiger partial charge is 0.467 e. The van der Waals surface area contributed by atoms with Crippen LogP contribution in [-0.2, 0) is 22.9 Å². The molecule has 2 aromatic heterocycles. The Morgan fingerprint density at radius 2 is 1.89 bits per heavy atom. The molecule has 1 aromatic carbocycles. The highest BCUT2D eigenvalue weighted by molar-refractivity contribution is 7.90. The SMILES string of the molecule is CC(NC(=O)N(Cc1ccco1)Cc1cccs1)c1ccc(S(C)(=O)=O)cc1. The lowest BCUT2D eigenvalue weighted by Crippen LogP contribution is -2.40. The van der Waals surface area contributed by atoms with E-state index in [0.29, 0.717) is 18.8 Å². The fourth-order valence-corrected chi connectivity index (χ4v) is 4.09. The third-order valence-electron chi connectivity index (χ3n) is 4.29. The minimum absolute atomic E-state index is 0.218. The van der Waals surface area contributed by atoms with Crippen LogP contribution in [-0.4, -0.2) is 25.6 Å². The summed E-state index contributed by atoms with van der Waals surface area (Å²) in [5.74, 6) is 0.705. The van der Waals surface area contributed by atoms with Gasteiger partial charge in [0, 0.05) is 11.1 Å². The van der Waals surface area contributed by atoms with E-state index >= 15 is 0 Å². The third-order valence-corrected chi connectivity index (χ3v) is 6.28. The molecule has 8 heteroatoms. The molecule has 1 atom stereocenters. The number of carbonyl (C=O) groups excluding carboxylic acids is 1.